The summed E-state index contributed by atoms with van der Waals surface area (Å²) in [6.07, 6.45) is 1.25. The number of hydrogen-bond donors (Lipinski definition) is 1. The van der Waals surface area contributed by atoms with Crippen LogP contribution in [-0.2, 0) is 6.42 Å². The van der Waals surface area contributed by atoms with E-state index in [1.54, 1.807) is 6.07 Å². The highest BCUT2D eigenvalue weighted by molar-refractivity contribution is 5.66. The molecule has 0 saturated heterocycles. The predicted octanol–water partition coefficient (Wildman–Crippen LogP) is 4.73. The first-order valence-electron chi connectivity index (χ1n) is 11.2. The summed E-state index contributed by atoms with van der Waals surface area (Å²) in [4.78, 5) is 21.9. The molecule has 1 amide bonds. The van der Waals surface area contributed by atoms with E-state index in [2.05, 4.69) is 42.0 Å². The first-order chi connectivity index (χ1) is 16.2. The van der Waals surface area contributed by atoms with E-state index in [-0.39, 0.29) is 23.1 Å². The molecule has 4 rings (SSSR count). The second-order valence-corrected chi connectivity index (χ2v) is 9.36. The third-order valence-corrected chi connectivity index (χ3v) is 6.07. The number of nitriles is 1. The zero-order valence-corrected chi connectivity index (χ0v) is 19.7. The molecule has 0 fully saturated rings. The monoisotopic (exact) mass is 461 g/mol. The Balaban J connectivity index is 1.67. The molecule has 0 radical (unpaired) electrons. The zero-order chi connectivity index (χ0) is 24.5. The smallest absolute Gasteiger partial charge is 0.407 e. The Morgan fingerprint density at radius 1 is 1.32 bits per heavy atom. The van der Waals surface area contributed by atoms with Crippen molar-refractivity contribution in [3.8, 4) is 34.8 Å². The second kappa shape index (κ2) is 9.14. The molecule has 0 bridgehead atoms. The average molecular weight is 462 g/mol. The summed E-state index contributed by atoms with van der Waals surface area (Å²) in [5, 5.41) is 23.1. The van der Waals surface area contributed by atoms with Crippen molar-refractivity contribution in [2.24, 2.45) is 5.41 Å². The van der Waals surface area contributed by atoms with E-state index in [0.717, 1.165) is 16.7 Å². The van der Waals surface area contributed by atoms with E-state index in [1.165, 1.54) is 11.1 Å². The van der Waals surface area contributed by atoms with Gasteiger partial charge in [-0.05, 0) is 42.0 Å². The molecule has 176 valence electrons. The number of carboxylic acid groups (broad SMARTS) is 1. The van der Waals surface area contributed by atoms with Crippen LogP contribution in [0.4, 0.5) is 4.79 Å². The minimum atomic E-state index is -0.897. The van der Waals surface area contributed by atoms with Crippen LogP contribution in [0.25, 0.3) is 22.8 Å². The van der Waals surface area contributed by atoms with Crippen molar-refractivity contribution < 1.29 is 19.2 Å². The molecule has 0 aliphatic carbocycles. The number of ether oxygens (including phenoxy) is 1. The third kappa shape index (κ3) is 4.57. The Morgan fingerprint density at radius 2 is 2.12 bits per heavy atom. The van der Waals surface area contributed by atoms with E-state index in [1.807, 2.05) is 25.1 Å². The Bertz CT molecular complexity index is 1250. The molecule has 2 aromatic heterocycles. The fraction of sp³-hybridized carbons (Fsp3) is 0.400. The van der Waals surface area contributed by atoms with Crippen LogP contribution in [0.5, 0.6) is 5.88 Å². The van der Waals surface area contributed by atoms with Gasteiger partial charge in [0.25, 0.3) is 5.89 Å². The van der Waals surface area contributed by atoms with Gasteiger partial charge in [0.1, 0.15) is 11.6 Å². The summed E-state index contributed by atoms with van der Waals surface area (Å²) >= 11 is 0. The summed E-state index contributed by atoms with van der Waals surface area (Å²) in [6, 6.07) is 9.70. The molecule has 0 spiro atoms. The molecule has 1 aliphatic heterocycles. The van der Waals surface area contributed by atoms with Gasteiger partial charge in [-0.15, -0.1) is 0 Å². The van der Waals surface area contributed by atoms with Gasteiger partial charge in [-0.2, -0.15) is 10.2 Å². The van der Waals surface area contributed by atoms with Crippen molar-refractivity contribution in [2.75, 3.05) is 19.7 Å². The van der Waals surface area contributed by atoms with Crippen LogP contribution >= 0.6 is 0 Å². The lowest BCUT2D eigenvalue weighted by atomic mass is 9.75. The van der Waals surface area contributed by atoms with Gasteiger partial charge in [0.2, 0.25) is 11.7 Å². The van der Waals surface area contributed by atoms with Gasteiger partial charge in [-0.1, -0.05) is 38.1 Å². The number of carbonyl (C=O) groups is 1. The maximum Gasteiger partial charge on any atom is 0.407 e. The molecule has 9 nitrogen and oxygen atoms in total. The summed E-state index contributed by atoms with van der Waals surface area (Å²) in [7, 11) is 0. The van der Waals surface area contributed by atoms with Gasteiger partial charge >= 0.3 is 6.09 Å². The van der Waals surface area contributed by atoms with Crippen LogP contribution in [-0.4, -0.2) is 50.9 Å². The lowest BCUT2D eigenvalue weighted by Crippen LogP contribution is -2.36. The van der Waals surface area contributed by atoms with Crippen molar-refractivity contribution >= 4 is 6.09 Å². The lowest BCUT2D eigenvalue weighted by Gasteiger charge is -2.33. The van der Waals surface area contributed by atoms with Gasteiger partial charge in [0, 0.05) is 30.8 Å². The van der Waals surface area contributed by atoms with Crippen molar-refractivity contribution in [2.45, 2.75) is 40.0 Å². The summed E-state index contributed by atoms with van der Waals surface area (Å²) in [5.74, 6) is 0.997. The van der Waals surface area contributed by atoms with Crippen LogP contribution in [0.1, 0.15) is 50.3 Å². The molecule has 1 unspecified atom stereocenters. The van der Waals surface area contributed by atoms with Gasteiger partial charge < -0.3 is 19.3 Å². The Hall–Kier alpha value is -3.93. The van der Waals surface area contributed by atoms with Gasteiger partial charge in [-0.3, -0.25) is 0 Å². The van der Waals surface area contributed by atoms with Gasteiger partial charge in [-0.25, -0.2) is 9.78 Å². The number of fused-ring (bicyclic) bond motifs is 1. The van der Waals surface area contributed by atoms with E-state index in [4.69, 9.17) is 9.26 Å². The zero-order valence-electron chi connectivity index (χ0n) is 19.7. The van der Waals surface area contributed by atoms with Crippen LogP contribution in [0.3, 0.4) is 0 Å². The van der Waals surface area contributed by atoms with Crippen molar-refractivity contribution in [3.05, 3.63) is 47.2 Å². The van der Waals surface area contributed by atoms with Crippen molar-refractivity contribution in [3.63, 3.8) is 0 Å². The quantitative estimate of drug-likeness (QED) is 0.591. The number of amides is 1. The van der Waals surface area contributed by atoms with Gasteiger partial charge in [0.15, 0.2) is 0 Å². The SMILES string of the molecule is CCOc1ncc(-c2nc(-c3ccc4c(c3)CCN(C(=O)O)CC4C(C)(C)C)no2)cc1C#N. The third-order valence-electron chi connectivity index (χ3n) is 6.07. The molecule has 1 aromatic carbocycles. The number of rotatable bonds is 4. The summed E-state index contributed by atoms with van der Waals surface area (Å²) < 4.78 is 10.8. The molecule has 1 aliphatic rings. The first kappa shape index (κ1) is 23.2. The molecule has 1 atom stereocenters. The minimum Gasteiger partial charge on any atom is -0.477 e. The summed E-state index contributed by atoms with van der Waals surface area (Å²) in [6.45, 7) is 9.52. The van der Waals surface area contributed by atoms with Crippen LogP contribution in [0.15, 0.2) is 35.0 Å². The van der Waals surface area contributed by atoms with Crippen molar-refractivity contribution in [1.29, 1.82) is 5.26 Å². The Morgan fingerprint density at radius 3 is 2.79 bits per heavy atom. The van der Waals surface area contributed by atoms with Gasteiger partial charge in [0.05, 0.1) is 12.2 Å². The standard InChI is InChI=1S/C25H27N5O4/c1-5-33-22-17(12-26)11-18(13-27-22)23-28-21(29-34-23)16-6-7-19-15(10-16)8-9-30(24(31)32)14-20(19)25(2,3)4/h6-7,10-11,13,20H,5,8-9,14H2,1-4H3,(H,31,32). The number of nitrogens with zero attached hydrogens (tertiary/aromatic N) is 5. The highest BCUT2D eigenvalue weighted by Crippen LogP contribution is 2.40. The minimum absolute atomic E-state index is 0.0651. The highest BCUT2D eigenvalue weighted by atomic mass is 16.5. The predicted molar refractivity (Wildman–Crippen MR) is 124 cm³/mol. The van der Waals surface area contributed by atoms with Crippen LogP contribution in [0, 0.1) is 16.7 Å². The Kier molecular flexibility index (Phi) is 6.24. The summed E-state index contributed by atoms with van der Waals surface area (Å²) in [5.41, 5.74) is 3.73. The topological polar surface area (TPSA) is 125 Å². The Labute approximate surface area is 198 Å². The molecular weight excluding hydrogens is 434 g/mol. The molecule has 3 aromatic rings. The lowest BCUT2D eigenvalue weighted by molar-refractivity contribution is 0.135. The second-order valence-electron chi connectivity index (χ2n) is 9.36. The average Bonchev–Trinajstić information content (AvgIpc) is 3.20. The van der Waals surface area contributed by atoms with E-state index in [0.29, 0.717) is 43.1 Å². The first-order valence-corrected chi connectivity index (χ1v) is 11.2. The molecule has 0 saturated carbocycles. The van der Waals surface area contributed by atoms with E-state index in [9.17, 15) is 15.2 Å². The molecule has 34 heavy (non-hydrogen) atoms. The number of pyridine rings is 1. The van der Waals surface area contributed by atoms with E-state index < -0.39 is 6.09 Å². The fourth-order valence-electron chi connectivity index (χ4n) is 4.24. The maximum absolute atomic E-state index is 11.7. The van der Waals surface area contributed by atoms with Crippen LogP contribution < -0.4 is 4.74 Å². The number of aromatic nitrogens is 3. The maximum atomic E-state index is 11.7. The molecular formula is C25H27N5O4. The van der Waals surface area contributed by atoms with Crippen LogP contribution in [0.2, 0.25) is 0 Å². The number of benzene rings is 1. The normalized spacial score (nSPS) is 15.9. The molecule has 3 heterocycles. The highest BCUT2D eigenvalue weighted by Gasteiger charge is 2.33. The number of hydrogen-bond acceptors (Lipinski definition) is 7. The largest absolute Gasteiger partial charge is 0.477 e. The molecule has 9 heteroatoms. The van der Waals surface area contributed by atoms with Crippen molar-refractivity contribution in [1.82, 2.24) is 20.0 Å². The molecule has 1 N–H and O–H groups in total. The van der Waals surface area contributed by atoms with E-state index >= 15 is 0 Å². The fourth-order valence-corrected chi connectivity index (χ4v) is 4.24.